The first-order valence-electron chi connectivity index (χ1n) is 8.63. The molecular formula is C18H23ClN4O3. The molecule has 0 spiro atoms. The Hall–Kier alpha value is -2.09. The number of piperidine rings is 1. The zero-order chi connectivity index (χ0) is 18.5. The molecule has 7 nitrogen and oxygen atoms in total. The lowest BCUT2D eigenvalue weighted by atomic mass is 10.0. The third kappa shape index (κ3) is 4.17. The summed E-state index contributed by atoms with van der Waals surface area (Å²) in [6.45, 7) is 2.21. The molecule has 1 amide bonds. The van der Waals surface area contributed by atoms with Gasteiger partial charge in [0.2, 0.25) is 0 Å². The van der Waals surface area contributed by atoms with Crippen LogP contribution in [-0.4, -0.2) is 55.4 Å². The van der Waals surface area contributed by atoms with Gasteiger partial charge in [0, 0.05) is 43.4 Å². The molecule has 2 heterocycles. The Kier molecular flexibility index (Phi) is 6.13. The van der Waals surface area contributed by atoms with E-state index in [0.29, 0.717) is 48.4 Å². The molecule has 2 aromatic rings. The first-order chi connectivity index (χ1) is 12.6. The summed E-state index contributed by atoms with van der Waals surface area (Å²) in [4.78, 5) is 15.0. The predicted molar refractivity (Wildman–Crippen MR) is 100 cm³/mol. The van der Waals surface area contributed by atoms with Gasteiger partial charge < -0.3 is 25.2 Å². The molecule has 0 saturated carbocycles. The number of nitrogens with two attached hydrogens (primary N) is 1. The summed E-state index contributed by atoms with van der Waals surface area (Å²) in [7, 11) is 1.62. The number of nitrogens with one attached hydrogen (secondary N) is 1. The molecular weight excluding hydrogens is 356 g/mol. The number of amides is 1. The fourth-order valence-electron chi connectivity index (χ4n) is 3.03. The predicted octanol–water partition coefficient (Wildman–Crippen LogP) is 2.62. The van der Waals surface area contributed by atoms with Crippen molar-refractivity contribution < 1.29 is 14.1 Å². The van der Waals surface area contributed by atoms with Gasteiger partial charge in [-0.15, -0.1) is 0 Å². The molecule has 1 aromatic heterocycles. The van der Waals surface area contributed by atoms with E-state index in [1.807, 2.05) is 0 Å². The van der Waals surface area contributed by atoms with Crippen LogP contribution in [0, 0.1) is 0 Å². The van der Waals surface area contributed by atoms with Gasteiger partial charge in [-0.05, 0) is 37.1 Å². The van der Waals surface area contributed by atoms with Gasteiger partial charge >= 0.3 is 0 Å². The van der Waals surface area contributed by atoms with E-state index in [-0.39, 0.29) is 11.9 Å². The lowest BCUT2D eigenvalue weighted by Gasteiger charge is -2.30. The molecule has 0 bridgehead atoms. The summed E-state index contributed by atoms with van der Waals surface area (Å²) in [5, 5.41) is 7.79. The lowest BCUT2D eigenvalue weighted by molar-refractivity contribution is 0.0710. The zero-order valence-corrected chi connectivity index (χ0v) is 15.5. The van der Waals surface area contributed by atoms with Crippen molar-refractivity contribution in [2.75, 3.05) is 38.7 Å². The number of halogens is 1. The van der Waals surface area contributed by atoms with Gasteiger partial charge in [-0.1, -0.05) is 16.8 Å². The SMILES string of the molecule is COCCNc1noc(-c2ccc(Cl)cc2)c1C(=O)N1CCC[C@H](N)C1. The number of hydrogen-bond donors (Lipinski definition) is 2. The van der Waals surface area contributed by atoms with E-state index in [0.717, 1.165) is 18.4 Å². The van der Waals surface area contributed by atoms with Gasteiger partial charge in [0.1, 0.15) is 5.56 Å². The maximum Gasteiger partial charge on any atom is 0.261 e. The largest absolute Gasteiger partial charge is 0.383 e. The van der Waals surface area contributed by atoms with Crippen LogP contribution in [0.2, 0.25) is 5.02 Å². The van der Waals surface area contributed by atoms with Gasteiger partial charge in [-0.2, -0.15) is 0 Å². The van der Waals surface area contributed by atoms with E-state index >= 15 is 0 Å². The molecule has 0 aliphatic carbocycles. The van der Waals surface area contributed by atoms with Crippen LogP contribution in [0.15, 0.2) is 28.8 Å². The van der Waals surface area contributed by atoms with Crippen LogP contribution in [0.4, 0.5) is 5.82 Å². The van der Waals surface area contributed by atoms with Crippen molar-refractivity contribution in [1.82, 2.24) is 10.1 Å². The Morgan fingerprint density at radius 2 is 2.23 bits per heavy atom. The van der Waals surface area contributed by atoms with Crippen LogP contribution in [0.5, 0.6) is 0 Å². The highest BCUT2D eigenvalue weighted by Gasteiger charge is 2.30. The number of rotatable bonds is 6. The normalized spacial score (nSPS) is 17.3. The van der Waals surface area contributed by atoms with E-state index in [1.54, 1.807) is 36.3 Å². The smallest absolute Gasteiger partial charge is 0.261 e. The van der Waals surface area contributed by atoms with Crippen LogP contribution in [0.25, 0.3) is 11.3 Å². The molecule has 1 fully saturated rings. The molecule has 0 unspecified atom stereocenters. The number of carbonyl (C=O) groups is 1. The second-order valence-corrected chi connectivity index (χ2v) is 6.75. The Bertz CT molecular complexity index is 747. The molecule has 26 heavy (non-hydrogen) atoms. The second kappa shape index (κ2) is 8.53. The Balaban J connectivity index is 1.94. The van der Waals surface area contributed by atoms with Crippen molar-refractivity contribution in [3.05, 3.63) is 34.9 Å². The molecule has 1 aliphatic heterocycles. The van der Waals surface area contributed by atoms with E-state index in [2.05, 4.69) is 10.5 Å². The molecule has 1 aromatic carbocycles. The van der Waals surface area contributed by atoms with Crippen molar-refractivity contribution in [1.29, 1.82) is 0 Å². The van der Waals surface area contributed by atoms with Crippen molar-refractivity contribution in [3.63, 3.8) is 0 Å². The van der Waals surface area contributed by atoms with Crippen molar-refractivity contribution in [3.8, 4) is 11.3 Å². The van der Waals surface area contributed by atoms with Crippen LogP contribution in [0.3, 0.4) is 0 Å². The first kappa shape index (κ1) is 18.7. The quantitative estimate of drug-likeness (QED) is 0.750. The van der Waals surface area contributed by atoms with E-state index in [4.69, 9.17) is 26.6 Å². The summed E-state index contributed by atoms with van der Waals surface area (Å²) in [6.07, 6.45) is 1.82. The summed E-state index contributed by atoms with van der Waals surface area (Å²) in [5.41, 5.74) is 7.20. The molecule has 1 saturated heterocycles. The number of anilines is 1. The van der Waals surface area contributed by atoms with Gasteiger partial charge in [0.05, 0.1) is 6.61 Å². The van der Waals surface area contributed by atoms with Crippen molar-refractivity contribution in [2.45, 2.75) is 18.9 Å². The highest BCUT2D eigenvalue weighted by molar-refractivity contribution is 6.30. The fraction of sp³-hybridized carbons (Fsp3) is 0.444. The Morgan fingerprint density at radius 1 is 1.46 bits per heavy atom. The number of hydrogen-bond acceptors (Lipinski definition) is 6. The highest BCUT2D eigenvalue weighted by atomic mass is 35.5. The lowest BCUT2D eigenvalue weighted by Crippen LogP contribution is -2.45. The van der Waals surface area contributed by atoms with Crippen LogP contribution in [0.1, 0.15) is 23.2 Å². The maximum absolute atomic E-state index is 13.2. The summed E-state index contributed by atoms with van der Waals surface area (Å²) in [5.74, 6) is 0.702. The van der Waals surface area contributed by atoms with E-state index in [1.165, 1.54) is 0 Å². The van der Waals surface area contributed by atoms with E-state index in [9.17, 15) is 4.79 Å². The molecule has 0 radical (unpaired) electrons. The third-order valence-corrected chi connectivity index (χ3v) is 4.61. The summed E-state index contributed by atoms with van der Waals surface area (Å²) in [6, 6.07) is 7.11. The van der Waals surface area contributed by atoms with E-state index < -0.39 is 0 Å². The number of carbonyl (C=O) groups excluding carboxylic acids is 1. The molecule has 3 rings (SSSR count). The topological polar surface area (TPSA) is 93.6 Å². The van der Waals surface area contributed by atoms with Gasteiger partial charge in [0.25, 0.3) is 5.91 Å². The number of likely N-dealkylation sites (tertiary alicyclic amines) is 1. The minimum absolute atomic E-state index is 0.00329. The van der Waals surface area contributed by atoms with Crippen molar-refractivity contribution in [2.24, 2.45) is 5.73 Å². The number of benzene rings is 1. The second-order valence-electron chi connectivity index (χ2n) is 6.32. The zero-order valence-electron chi connectivity index (χ0n) is 14.7. The minimum atomic E-state index is -0.133. The minimum Gasteiger partial charge on any atom is -0.383 e. The van der Waals surface area contributed by atoms with Gasteiger partial charge in [0.15, 0.2) is 11.6 Å². The highest BCUT2D eigenvalue weighted by Crippen LogP contribution is 2.31. The summed E-state index contributed by atoms with van der Waals surface area (Å²) < 4.78 is 10.6. The fourth-order valence-corrected chi connectivity index (χ4v) is 3.16. The van der Waals surface area contributed by atoms with Crippen LogP contribution in [-0.2, 0) is 4.74 Å². The van der Waals surface area contributed by atoms with Gasteiger partial charge in [-0.25, -0.2) is 0 Å². The number of ether oxygens (including phenoxy) is 1. The average molecular weight is 379 g/mol. The Morgan fingerprint density at radius 3 is 2.92 bits per heavy atom. The number of methoxy groups -OCH3 is 1. The van der Waals surface area contributed by atoms with Crippen LogP contribution < -0.4 is 11.1 Å². The Labute approximate surface area is 157 Å². The van der Waals surface area contributed by atoms with Crippen molar-refractivity contribution >= 4 is 23.3 Å². The van der Waals surface area contributed by atoms with Crippen LogP contribution >= 0.6 is 11.6 Å². The third-order valence-electron chi connectivity index (χ3n) is 4.36. The number of nitrogens with zero attached hydrogens (tertiary/aromatic N) is 2. The molecule has 8 heteroatoms. The summed E-state index contributed by atoms with van der Waals surface area (Å²) >= 11 is 5.97. The monoisotopic (exact) mass is 378 g/mol. The van der Waals surface area contributed by atoms with Gasteiger partial charge in [-0.3, -0.25) is 4.79 Å². The maximum atomic E-state index is 13.2. The standard InChI is InChI=1S/C18H23ClN4O3/c1-25-10-8-21-17-15(18(24)23-9-2-3-14(20)11-23)16(26-22-17)12-4-6-13(19)7-5-12/h4-7,14H,2-3,8-11,20H2,1H3,(H,21,22)/t14-/m0/s1. The molecule has 3 N–H and O–H groups in total. The average Bonchev–Trinajstić information content (AvgIpc) is 3.06. The molecule has 1 aliphatic rings. The number of aromatic nitrogens is 1. The molecule has 1 atom stereocenters. The molecule has 140 valence electrons. The first-order valence-corrected chi connectivity index (χ1v) is 9.01.